The number of rotatable bonds is 2. The molecule has 60 valence electrons. The maximum Gasteiger partial charge on any atom is 0.0729 e. The first kappa shape index (κ1) is 8.02. The summed E-state index contributed by atoms with van der Waals surface area (Å²) in [4.78, 5) is 0. The first-order valence-corrected chi connectivity index (χ1v) is 4.11. The van der Waals surface area contributed by atoms with Gasteiger partial charge in [0.25, 0.3) is 0 Å². The van der Waals surface area contributed by atoms with E-state index in [9.17, 15) is 0 Å². The highest BCUT2D eigenvalue weighted by Crippen LogP contribution is 2.21. The third-order valence-corrected chi connectivity index (χ3v) is 1.95. The van der Waals surface area contributed by atoms with Gasteiger partial charge in [-0.2, -0.15) is 0 Å². The summed E-state index contributed by atoms with van der Waals surface area (Å²) < 4.78 is 5.60. The van der Waals surface area contributed by atoms with E-state index < -0.39 is 0 Å². The smallest absolute Gasteiger partial charge is 0.0729 e. The molecule has 0 amide bonds. The van der Waals surface area contributed by atoms with Crippen LogP contribution < -0.4 is 5.73 Å². The number of hydrogen-bond donors (Lipinski definition) is 1. The molecule has 0 spiro atoms. The van der Waals surface area contributed by atoms with Crippen LogP contribution in [0, 0.1) is 0 Å². The van der Waals surface area contributed by atoms with Crippen LogP contribution in [-0.4, -0.2) is 18.2 Å². The van der Waals surface area contributed by atoms with Gasteiger partial charge in [0.2, 0.25) is 0 Å². The fraction of sp³-hybridized carbons (Fsp3) is 1.00. The zero-order chi connectivity index (χ0) is 7.56. The average molecular weight is 143 g/mol. The molecule has 1 rings (SSSR count). The molecule has 0 heterocycles. The Morgan fingerprint density at radius 3 is 2.50 bits per heavy atom. The molecule has 0 saturated heterocycles. The van der Waals surface area contributed by atoms with Crippen molar-refractivity contribution in [3.8, 4) is 0 Å². The molecule has 2 nitrogen and oxygen atoms in total. The Kier molecular flexibility index (Phi) is 2.69. The van der Waals surface area contributed by atoms with E-state index in [1.807, 2.05) is 0 Å². The van der Waals surface area contributed by atoms with Crippen molar-refractivity contribution >= 4 is 0 Å². The van der Waals surface area contributed by atoms with Crippen molar-refractivity contribution in [2.45, 2.75) is 51.4 Å². The lowest BCUT2D eigenvalue weighted by molar-refractivity contribution is 0.00410. The van der Waals surface area contributed by atoms with E-state index in [0.29, 0.717) is 18.2 Å². The van der Waals surface area contributed by atoms with Gasteiger partial charge in [0.15, 0.2) is 0 Å². The molecule has 0 aromatic rings. The Morgan fingerprint density at radius 1 is 1.40 bits per heavy atom. The first-order valence-electron chi connectivity index (χ1n) is 4.11. The van der Waals surface area contributed by atoms with Crippen LogP contribution >= 0.6 is 0 Å². The van der Waals surface area contributed by atoms with Crippen molar-refractivity contribution < 1.29 is 4.74 Å². The highest BCUT2D eigenvalue weighted by Gasteiger charge is 2.24. The maximum absolute atomic E-state index is 5.80. The number of hydrogen-bond acceptors (Lipinski definition) is 2. The predicted octanol–water partition coefficient (Wildman–Crippen LogP) is 1.29. The highest BCUT2D eigenvalue weighted by atomic mass is 16.5. The van der Waals surface area contributed by atoms with Gasteiger partial charge in [-0.15, -0.1) is 0 Å². The normalized spacial score (nSPS) is 33.6. The topological polar surface area (TPSA) is 35.2 Å². The second-order valence-corrected chi connectivity index (χ2v) is 3.32. The van der Waals surface area contributed by atoms with Crippen LogP contribution in [0.15, 0.2) is 0 Å². The summed E-state index contributed by atoms with van der Waals surface area (Å²) in [6, 6.07) is 0.294. The lowest BCUT2D eigenvalue weighted by atomic mass is 10.2. The van der Waals surface area contributed by atoms with Crippen LogP contribution in [0.2, 0.25) is 0 Å². The molecule has 1 aliphatic rings. The molecule has 0 bridgehead atoms. The summed E-state index contributed by atoms with van der Waals surface area (Å²) in [7, 11) is 0. The summed E-state index contributed by atoms with van der Waals surface area (Å²) in [6.45, 7) is 4.12. The van der Waals surface area contributed by atoms with E-state index in [4.69, 9.17) is 10.5 Å². The average Bonchev–Trinajstić information content (AvgIpc) is 2.15. The van der Waals surface area contributed by atoms with Crippen LogP contribution in [0.4, 0.5) is 0 Å². The van der Waals surface area contributed by atoms with E-state index in [-0.39, 0.29) is 0 Å². The van der Waals surface area contributed by atoms with Crippen molar-refractivity contribution in [1.82, 2.24) is 0 Å². The quantitative estimate of drug-likeness (QED) is 0.632. The molecule has 2 N–H and O–H groups in total. The van der Waals surface area contributed by atoms with Crippen molar-refractivity contribution in [3.05, 3.63) is 0 Å². The molecular weight excluding hydrogens is 126 g/mol. The molecule has 1 fully saturated rings. The Labute approximate surface area is 62.7 Å². The third-order valence-electron chi connectivity index (χ3n) is 1.95. The van der Waals surface area contributed by atoms with E-state index >= 15 is 0 Å². The van der Waals surface area contributed by atoms with Crippen molar-refractivity contribution in [2.24, 2.45) is 5.73 Å². The van der Waals surface area contributed by atoms with Gasteiger partial charge in [-0.05, 0) is 33.1 Å². The van der Waals surface area contributed by atoms with Crippen molar-refractivity contribution in [3.63, 3.8) is 0 Å². The van der Waals surface area contributed by atoms with Gasteiger partial charge in [-0.3, -0.25) is 0 Å². The molecule has 2 heteroatoms. The summed E-state index contributed by atoms with van der Waals surface area (Å²) in [5, 5.41) is 0. The monoisotopic (exact) mass is 143 g/mol. The molecule has 1 aliphatic carbocycles. The summed E-state index contributed by atoms with van der Waals surface area (Å²) >= 11 is 0. The molecule has 2 atom stereocenters. The maximum atomic E-state index is 5.80. The van der Waals surface area contributed by atoms with Crippen LogP contribution in [0.5, 0.6) is 0 Å². The third kappa shape index (κ3) is 1.96. The predicted molar refractivity (Wildman–Crippen MR) is 41.8 cm³/mol. The Morgan fingerprint density at radius 2 is 2.10 bits per heavy atom. The second kappa shape index (κ2) is 3.35. The molecule has 0 aromatic carbocycles. The van der Waals surface area contributed by atoms with Gasteiger partial charge in [0.05, 0.1) is 12.2 Å². The van der Waals surface area contributed by atoms with E-state index in [1.165, 1.54) is 6.42 Å². The zero-order valence-corrected chi connectivity index (χ0v) is 6.84. The lowest BCUT2D eigenvalue weighted by Gasteiger charge is -2.18. The fourth-order valence-electron chi connectivity index (χ4n) is 1.47. The van der Waals surface area contributed by atoms with Crippen molar-refractivity contribution in [2.75, 3.05) is 0 Å². The van der Waals surface area contributed by atoms with Crippen LogP contribution in [0.3, 0.4) is 0 Å². The number of nitrogens with two attached hydrogens (primary N) is 1. The molecular formula is C8H17NO. The van der Waals surface area contributed by atoms with Crippen LogP contribution in [0.25, 0.3) is 0 Å². The molecule has 10 heavy (non-hydrogen) atoms. The van der Waals surface area contributed by atoms with Gasteiger partial charge >= 0.3 is 0 Å². The second-order valence-electron chi connectivity index (χ2n) is 3.32. The minimum atomic E-state index is 0.294. The van der Waals surface area contributed by atoms with Gasteiger partial charge in [0.1, 0.15) is 0 Å². The van der Waals surface area contributed by atoms with Gasteiger partial charge in [0, 0.05) is 6.04 Å². The molecule has 0 aromatic heterocycles. The molecule has 0 radical (unpaired) electrons. The highest BCUT2D eigenvalue weighted by molar-refractivity contribution is 4.81. The lowest BCUT2D eigenvalue weighted by Crippen LogP contribution is -2.33. The zero-order valence-electron chi connectivity index (χ0n) is 6.84. The molecule has 0 aliphatic heterocycles. The first-order chi connectivity index (χ1) is 4.70. The fourth-order valence-corrected chi connectivity index (χ4v) is 1.47. The SMILES string of the molecule is CC(C)O[C@H]1CCC[C@H]1N. The van der Waals surface area contributed by atoms with Crippen LogP contribution in [0.1, 0.15) is 33.1 Å². The van der Waals surface area contributed by atoms with Gasteiger partial charge in [-0.25, -0.2) is 0 Å². The standard InChI is InChI=1S/C8H17NO/c1-6(2)10-8-5-3-4-7(8)9/h6-8H,3-5,9H2,1-2H3/t7-,8+/m1/s1. The van der Waals surface area contributed by atoms with Crippen molar-refractivity contribution in [1.29, 1.82) is 0 Å². The Hall–Kier alpha value is -0.0800. The van der Waals surface area contributed by atoms with E-state index in [2.05, 4.69) is 13.8 Å². The minimum absolute atomic E-state index is 0.294. The summed E-state index contributed by atoms with van der Waals surface area (Å²) in [6.07, 6.45) is 4.18. The van der Waals surface area contributed by atoms with Crippen LogP contribution in [-0.2, 0) is 4.74 Å². The molecule has 0 unspecified atom stereocenters. The van der Waals surface area contributed by atoms with E-state index in [1.54, 1.807) is 0 Å². The Balaban J connectivity index is 2.26. The van der Waals surface area contributed by atoms with Gasteiger partial charge in [-0.1, -0.05) is 0 Å². The minimum Gasteiger partial charge on any atom is -0.374 e. The number of ether oxygens (including phenoxy) is 1. The Bertz CT molecular complexity index is 103. The molecule has 1 saturated carbocycles. The summed E-state index contributed by atoms with van der Waals surface area (Å²) in [5.41, 5.74) is 5.80. The largest absolute Gasteiger partial charge is 0.374 e. The summed E-state index contributed by atoms with van der Waals surface area (Å²) in [5.74, 6) is 0. The van der Waals surface area contributed by atoms with E-state index in [0.717, 1.165) is 12.8 Å². The van der Waals surface area contributed by atoms with Gasteiger partial charge < -0.3 is 10.5 Å².